The molecule has 1 amide bonds. The molecular formula is C26H24FN3O3S. The van der Waals surface area contributed by atoms with Crippen molar-refractivity contribution in [3.05, 3.63) is 82.6 Å². The number of amides is 1. The highest BCUT2D eigenvalue weighted by atomic mass is 32.1. The molecule has 1 saturated heterocycles. The number of carbonyl (C=O) groups excluding carboxylic acids is 1. The fourth-order valence-electron chi connectivity index (χ4n) is 4.65. The van der Waals surface area contributed by atoms with Crippen molar-refractivity contribution in [3.63, 3.8) is 0 Å². The van der Waals surface area contributed by atoms with Crippen molar-refractivity contribution in [3.8, 4) is 11.5 Å². The van der Waals surface area contributed by atoms with E-state index in [1.807, 2.05) is 34.5 Å². The zero-order valence-electron chi connectivity index (χ0n) is 18.6. The normalized spacial score (nSPS) is 15.9. The molecule has 1 fully saturated rings. The number of halogens is 1. The quantitative estimate of drug-likeness (QED) is 0.422. The Hall–Kier alpha value is -3.36. The third-order valence-electron chi connectivity index (χ3n) is 6.48. The molecule has 0 saturated carbocycles. The number of fused-ring (bicyclic) bond motifs is 2. The van der Waals surface area contributed by atoms with Crippen LogP contribution < -0.4 is 9.47 Å². The van der Waals surface area contributed by atoms with E-state index in [0.717, 1.165) is 46.9 Å². The maximum atomic E-state index is 13.5. The predicted octanol–water partition coefficient (Wildman–Crippen LogP) is 4.58. The minimum absolute atomic E-state index is 0.0493. The van der Waals surface area contributed by atoms with Gasteiger partial charge >= 0.3 is 0 Å². The van der Waals surface area contributed by atoms with Gasteiger partial charge in [0, 0.05) is 44.7 Å². The molecule has 0 radical (unpaired) electrons. The van der Waals surface area contributed by atoms with Gasteiger partial charge in [0.05, 0.1) is 0 Å². The van der Waals surface area contributed by atoms with E-state index in [1.54, 1.807) is 23.5 Å². The molecule has 2 aromatic carbocycles. The number of thiophene rings is 1. The summed E-state index contributed by atoms with van der Waals surface area (Å²) in [5.41, 5.74) is 2.84. The summed E-state index contributed by atoms with van der Waals surface area (Å²) in [6.07, 6.45) is 0. The van der Waals surface area contributed by atoms with Gasteiger partial charge in [0.15, 0.2) is 11.5 Å². The first-order valence-electron chi connectivity index (χ1n) is 11.4. The van der Waals surface area contributed by atoms with Gasteiger partial charge in [-0.25, -0.2) is 4.39 Å². The van der Waals surface area contributed by atoms with Crippen LogP contribution >= 0.6 is 11.3 Å². The number of hydrogen-bond donors (Lipinski definition) is 0. The van der Waals surface area contributed by atoms with Gasteiger partial charge in [-0.3, -0.25) is 9.69 Å². The summed E-state index contributed by atoms with van der Waals surface area (Å²) in [7, 11) is 0. The lowest BCUT2D eigenvalue weighted by atomic mass is 10.1. The summed E-state index contributed by atoms with van der Waals surface area (Å²) in [6, 6.07) is 16.6. The minimum atomic E-state index is -0.257. The zero-order valence-corrected chi connectivity index (χ0v) is 19.4. The topological polar surface area (TPSA) is 46.9 Å². The summed E-state index contributed by atoms with van der Waals surface area (Å²) in [5, 5.41) is 3.10. The monoisotopic (exact) mass is 477 g/mol. The Morgan fingerprint density at radius 1 is 0.882 bits per heavy atom. The van der Waals surface area contributed by atoms with Gasteiger partial charge in [-0.15, -0.1) is 11.3 Å². The second kappa shape index (κ2) is 8.77. The van der Waals surface area contributed by atoms with Crippen LogP contribution in [0.4, 0.5) is 4.39 Å². The average Bonchev–Trinajstić information content (AvgIpc) is 3.58. The maximum absolute atomic E-state index is 13.5. The molecule has 174 valence electrons. The second-order valence-electron chi connectivity index (χ2n) is 8.68. The number of carbonyl (C=O) groups is 1. The molecule has 8 heteroatoms. The Morgan fingerprint density at radius 3 is 2.47 bits per heavy atom. The predicted molar refractivity (Wildman–Crippen MR) is 129 cm³/mol. The number of rotatable bonds is 5. The number of piperazine rings is 1. The number of nitrogens with zero attached hydrogens (tertiary/aromatic N) is 3. The Morgan fingerprint density at radius 2 is 1.65 bits per heavy atom. The number of benzene rings is 2. The van der Waals surface area contributed by atoms with Crippen LogP contribution in [0.1, 0.15) is 21.6 Å². The third kappa shape index (κ3) is 4.03. The Labute approximate surface area is 200 Å². The molecule has 6 nitrogen and oxygen atoms in total. The first-order chi connectivity index (χ1) is 16.6. The Kier molecular flexibility index (Phi) is 5.47. The van der Waals surface area contributed by atoms with Gasteiger partial charge in [0.1, 0.15) is 16.3 Å². The van der Waals surface area contributed by atoms with Gasteiger partial charge in [-0.1, -0.05) is 18.2 Å². The largest absolute Gasteiger partial charge is 0.454 e. The summed E-state index contributed by atoms with van der Waals surface area (Å²) >= 11 is 1.62. The van der Waals surface area contributed by atoms with Gasteiger partial charge in [0.25, 0.3) is 5.91 Å². The van der Waals surface area contributed by atoms with Gasteiger partial charge in [-0.05, 0) is 52.9 Å². The van der Waals surface area contributed by atoms with Crippen LogP contribution in [0, 0.1) is 5.82 Å². The standard InChI is InChI=1S/C26H24FN3O3S/c27-21-4-1-18(2-5-21)16-30-22(14-20-7-12-34-26(20)30)25(31)29-10-8-28(9-11-29)15-19-3-6-23-24(13-19)33-17-32-23/h1-7,12-14H,8-11,15-17H2. The van der Waals surface area contributed by atoms with Crippen LogP contribution in [0.5, 0.6) is 11.5 Å². The average molecular weight is 478 g/mol. The van der Waals surface area contributed by atoms with Crippen LogP contribution in [-0.4, -0.2) is 53.2 Å². The molecular weight excluding hydrogens is 453 g/mol. The summed E-state index contributed by atoms with van der Waals surface area (Å²) < 4.78 is 26.3. The lowest BCUT2D eigenvalue weighted by molar-refractivity contribution is 0.0619. The van der Waals surface area contributed by atoms with Gasteiger partial charge < -0.3 is 18.9 Å². The van der Waals surface area contributed by atoms with Crippen LogP contribution in [-0.2, 0) is 13.1 Å². The van der Waals surface area contributed by atoms with E-state index in [-0.39, 0.29) is 18.5 Å². The van der Waals surface area contributed by atoms with Crippen LogP contribution in [0.3, 0.4) is 0 Å². The van der Waals surface area contributed by atoms with Crippen molar-refractivity contribution >= 4 is 27.5 Å². The molecule has 0 bridgehead atoms. The first kappa shape index (κ1) is 21.2. The molecule has 0 spiro atoms. The zero-order chi connectivity index (χ0) is 23.1. The van der Waals surface area contributed by atoms with Crippen molar-refractivity contribution in [1.29, 1.82) is 0 Å². The molecule has 0 N–H and O–H groups in total. The summed E-state index contributed by atoms with van der Waals surface area (Å²) in [6.45, 7) is 4.61. The van der Waals surface area contributed by atoms with Crippen LogP contribution in [0.15, 0.2) is 60.0 Å². The summed E-state index contributed by atoms with van der Waals surface area (Å²) in [5.74, 6) is 1.39. The Bertz CT molecular complexity index is 1340. The van der Waals surface area contributed by atoms with Gasteiger partial charge in [0.2, 0.25) is 6.79 Å². The van der Waals surface area contributed by atoms with E-state index in [4.69, 9.17) is 9.47 Å². The molecule has 4 heterocycles. The minimum Gasteiger partial charge on any atom is -0.454 e. The molecule has 34 heavy (non-hydrogen) atoms. The van der Waals surface area contributed by atoms with Crippen molar-refractivity contribution in [2.24, 2.45) is 0 Å². The number of ether oxygens (including phenoxy) is 2. The fraction of sp³-hybridized carbons (Fsp3) is 0.269. The maximum Gasteiger partial charge on any atom is 0.270 e. The molecule has 2 aliphatic rings. The Balaban J connectivity index is 1.15. The van der Waals surface area contributed by atoms with Crippen molar-refractivity contribution in [2.75, 3.05) is 33.0 Å². The van der Waals surface area contributed by atoms with Crippen molar-refractivity contribution in [1.82, 2.24) is 14.4 Å². The molecule has 6 rings (SSSR count). The molecule has 0 unspecified atom stereocenters. The van der Waals surface area contributed by atoms with Gasteiger partial charge in [-0.2, -0.15) is 0 Å². The highest BCUT2D eigenvalue weighted by Gasteiger charge is 2.26. The first-order valence-corrected chi connectivity index (χ1v) is 12.2. The highest BCUT2D eigenvalue weighted by molar-refractivity contribution is 7.16. The molecule has 0 aliphatic carbocycles. The molecule has 4 aromatic rings. The SMILES string of the molecule is O=C(c1cc2ccsc2n1Cc1ccc(F)cc1)N1CCN(Cc2ccc3c(c2)OCO3)CC1. The van der Waals surface area contributed by atoms with E-state index in [9.17, 15) is 9.18 Å². The van der Waals surface area contributed by atoms with E-state index >= 15 is 0 Å². The lowest BCUT2D eigenvalue weighted by Gasteiger charge is -2.35. The van der Waals surface area contributed by atoms with Crippen molar-refractivity contribution in [2.45, 2.75) is 13.1 Å². The molecule has 2 aromatic heterocycles. The van der Waals surface area contributed by atoms with E-state index in [0.29, 0.717) is 25.3 Å². The smallest absolute Gasteiger partial charge is 0.270 e. The lowest BCUT2D eigenvalue weighted by Crippen LogP contribution is -2.48. The number of aromatic nitrogens is 1. The molecule has 2 aliphatic heterocycles. The second-order valence-corrected chi connectivity index (χ2v) is 9.57. The van der Waals surface area contributed by atoms with E-state index in [1.165, 1.54) is 17.7 Å². The fourth-order valence-corrected chi connectivity index (χ4v) is 5.55. The van der Waals surface area contributed by atoms with Crippen LogP contribution in [0.25, 0.3) is 10.2 Å². The van der Waals surface area contributed by atoms with E-state index < -0.39 is 0 Å². The van der Waals surface area contributed by atoms with E-state index in [2.05, 4.69) is 15.5 Å². The third-order valence-corrected chi connectivity index (χ3v) is 7.43. The number of hydrogen-bond acceptors (Lipinski definition) is 5. The molecule has 0 atom stereocenters. The summed E-state index contributed by atoms with van der Waals surface area (Å²) in [4.78, 5) is 18.9. The highest BCUT2D eigenvalue weighted by Crippen LogP contribution is 2.33. The van der Waals surface area contributed by atoms with Crippen LogP contribution in [0.2, 0.25) is 0 Å². The van der Waals surface area contributed by atoms with Crippen molar-refractivity contribution < 1.29 is 18.7 Å².